The lowest BCUT2D eigenvalue weighted by molar-refractivity contribution is -0.114. The largest absolute Gasteiger partial charge is 0.316 e. The van der Waals surface area contributed by atoms with E-state index in [0.29, 0.717) is 10.1 Å². The molecule has 0 aliphatic heterocycles. The van der Waals surface area contributed by atoms with Gasteiger partial charge in [0.15, 0.2) is 0 Å². The third-order valence-corrected chi connectivity index (χ3v) is 5.27. The van der Waals surface area contributed by atoms with Crippen LogP contribution < -0.4 is 10.7 Å². The van der Waals surface area contributed by atoms with Crippen LogP contribution in [-0.4, -0.2) is 17.1 Å². The molecule has 5 nitrogen and oxygen atoms in total. The molecule has 0 aliphatic carbocycles. The van der Waals surface area contributed by atoms with Crippen LogP contribution in [0, 0.1) is 6.92 Å². The van der Waals surface area contributed by atoms with Gasteiger partial charge in [-0.2, -0.15) is 5.10 Å². The number of rotatable bonds is 5. The van der Waals surface area contributed by atoms with E-state index in [-0.39, 0.29) is 11.3 Å². The zero-order chi connectivity index (χ0) is 21.0. The first-order valence-corrected chi connectivity index (χ1v) is 10.3. The summed E-state index contributed by atoms with van der Waals surface area (Å²) in [6.45, 7) is 10.1. The number of aromatic nitrogens is 1. The molecule has 6 heteroatoms. The molecule has 0 spiro atoms. The van der Waals surface area contributed by atoms with E-state index in [4.69, 9.17) is 0 Å². The molecule has 0 atom stereocenters. The van der Waals surface area contributed by atoms with Crippen LogP contribution in [0.3, 0.4) is 0 Å². The predicted molar refractivity (Wildman–Crippen MR) is 123 cm³/mol. The van der Waals surface area contributed by atoms with Gasteiger partial charge in [0, 0.05) is 12.5 Å². The number of hydrazone groups is 1. The minimum atomic E-state index is -0.129. The van der Waals surface area contributed by atoms with Crippen molar-refractivity contribution < 1.29 is 4.79 Å². The maximum atomic E-state index is 11.6. The van der Waals surface area contributed by atoms with Crippen LogP contribution in [0.2, 0.25) is 0 Å². The fraction of sp³-hybridized carbons (Fsp3) is 0.261. The zero-order valence-corrected chi connectivity index (χ0v) is 18.2. The first kappa shape index (κ1) is 20.7. The summed E-state index contributed by atoms with van der Waals surface area (Å²) in [5.41, 5.74) is 8.25. The number of anilines is 2. The average Bonchev–Trinajstić information content (AvgIpc) is 3.04. The van der Waals surface area contributed by atoms with Gasteiger partial charge < -0.3 is 5.32 Å². The Bertz CT molecular complexity index is 1010. The summed E-state index contributed by atoms with van der Waals surface area (Å²) in [4.78, 5) is 16.2. The summed E-state index contributed by atoms with van der Waals surface area (Å²) in [5, 5.41) is 8.49. The van der Waals surface area contributed by atoms with Crippen molar-refractivity contribution in [3.8, 4) is 11.3 Å². The highest BCUT2D eigenvalue weighted by molar-refractivity contribution is 7.20. The van der Waals surface area contributed by atoms with Gasteiger partial charge in [0.1, 0.15) is 10.7 Å². The Morgan fingerprint density at radius 1 is 1.07 bits per heavy atom. The van der Waals surface area contributed by atoms with Crippen molar-refractivity contribution in [2.45, 2.75) is 40.0 Å². The summed E-state index contributed by atoms with van der Waals surface area (Å²) < 4.78 is 0. The molecule has 3 rings (SSSR count). The molecule has 1 amide bonds. The molecule has 0 radical (unpaired) electrons. The van der Waals surface area contributed by atoms with E-state index in [0.717, 1.165) is 16.8 Å². The molecule has 29 heavy (non-hydrogen) atoms. The van der Waals surface area contributed by atoms with Gasteiger partial charge in [-0.15, -0.1) is 0 Å². The summed E-state index contributed by atoms with van der Waals surface area (Å²) in [5.74, 6) is -0.129. The van der Waals surface area contributed by atoms with Crippen molar-refractivity contribution >= 4 is 33.6 Å². The molecule has 0 saturated heterocycles. The van der Waals surface area contributed by atoms with Gasteiger partial charge in [-0.25, -0.2) is 4.98 Å². The van der Waals surface area contributed by atoms with E-state index in [1.54, 1.807) is 6.21 Å². The first-order valence-electron chi connectivity index (χ1n) is 9.47. The van der Waals surface area contributed by atoms with Gasteiger partial charge in [0.25, 0.3) is 0 Å². The maximum absolute atomic E-state index is 11.6. The molecule has 0 unspecified atom stereocenters. The van der Waals surface area contributed by atoms with E-state index >= 15 is 0 Å². The number of nitrogens with zero attached hydrogens (tertiary/aromatic N) is 2. The van der Waals surface area contributed by atoms with Crippen LogP contribution in [0.5, 0.6) is 0 Å². The lowest BCUT2D eigenvalue weighted by Gasteiger charge is -2.18. The topological polar surface area (TPSA) is 66.4 Å². The predicted octanol–water partition coefficient (Wildman–Crippen LogP) is 5.82. The van der Waals surface area contributed by atoms with Gasteiger partial charge in [0.05, 0.1) is 6.21 Å². The molecule has 150 valence electrons. The lowest BCUT2D eigenvalue weighted by atomic mass is 9.87. The molecule has 2 N–H and O–H groups in total. The second-order valence-electron chi connectivity index (χ2n) is 7.99. The van der Waals surface area contributed by atoms with Crippen LogP contribution >= 0.6 is 11.3 Å². The van der Waals surface area contributed by atoms with Gasteiger partial charge in [-0.1, -0.05) is 86.2 Å². The number of amides is 1. The molecular weight excluding hydrogens is 380 g/mol. The summed E-state index contributed by atoms with van der Waals surface area (Å²) in [6, 6.07) is 16.4. The number of carbonyl (C=O) groups excluding carboxylic acids is 1. The van der Waals surface area contributed by atoms with Gasteiger partial charge >= 0.3 is 0 Å². The fourth-order valence-electron chi connectivity index (χ4n) is 2.75. The Balaban J connectivity index is 1.77. The highest BCUT2D eigenvalue weighted by Gasteiger charge is 2.14. The highest BCUT2D eigenvalue weighted by Crippen LogP contribution is 2.36. The zero-order valence-electron chi connectivity index (χ0n) is 17.4. The van der Waals surface area contributed by atoms with Crippen LogP contribution in [-0.2, 0) is 10.2 Å². The van der Waals surface area contributed by atoms with Crippen LogP contribution in [0.4, 0.5) is 10.1 Å². The Morgan fingerprint density at radius 3 is 2.31 bits per heavy atom. The second-order valence-corrected chi connectivity index (χ2v) is 8.99. The normalized spacial score (nSPS) is 11.6. The van der Waals surface area contributed by atoms with Crippen molar-refractivity contribution in [1.82, 2.24) is 4.98 Å². The standard InChI is InChI=1S/C23H26N4OS/c1-15-6-10-18(11-7-15)20-21(25-16(2)28)29-22(26-20)27-24-14-17-8-12-19(13-9-17)23(3,4)5/h6-14H,1-5H3,(H,25,28)(H,26,27). The number of benzene rings is 2. The Labute approximate surface area is 175 Å². The third-order valence-electron chi connectivity index (χ3n) is 4.39. The molecule has 2 aromatic carbocycles. The van der Waals surface area contributed by atoms with Crippen molar-refractivity contribution in [2.75, 3.05) is 10.7 Å². The van der Waals surface area contributed by atoms with E-state index in [9.17, 15) is 4.79 Å². The lowest BCUT2D eigenvalue weighted by Crippen LogP contribution is -2.10. The highest BCUT2D eigenvalue weighted by atomic mass is 32.1. The van der Waals surface area contributed by atoms with Crippen molar-refractivity contribution in [2.24, 2.45) is 5.10 Å². The van der Waals surface area contributed by atoms with Gasteiger partial charge in [0.2, 0.25) is 11.0 Å². The molecule has 0 aliphatic rings. The van der Waals surface area contributed by atoms with Crippen molar-refractivity contribution in [3.63, 3.8) is 0 Å². The number of hydrogen-bond donors (Lipinski definition) is 2. The average molecular weight is 407 g/mol. The van der Waals surface area contributed by atoms with Crippen LogP contribution in [0.25, 0.3) is 11.3 Å². The number of aryl methyl sites for hydroxylation is 1. The maximum Gasteiger partial charge on any atom is 0.221 e. The number of thiazole rings is 1. The molecular formula is C23H26N4OS. The summed E-state index contributed by atoms with van der Waals surface area (Å²) in [6.07, 6.45) is 1.76. The van der Waals surface area contributed by atoms with Crippen LogP contribution in [0.1, 0.15) is 44.4 Å². The van der Waals surface area contributed by atoms with Crippen molar-refractivity contribution in [1.29, 1.82) is 0 Å². The van der Waals surface area contributed by atoms with E-state index in [1.807, 2.05) is 43.3 Å². The second kappa shape index (κ2) is 8.57. The minimum Gasteiger partial charge on any atom is -0.316 e. The fourth-order valence-corrected chi connectivity index (χ4v) is 3.63. The van der Waals surface area contributed by atoms with Crippen LogP contribution in [0.15, 0.2) is 53.6 Å². The molecule has 0 fully saturated rings. The van der Waals surface area contributed by atoms with E-state index in [1.165, 1.54) is 29.4 Å². The SMILES string of the molecule is CC(=O)Nc1sc(NN=Cc2ccc(C(C)(C)C)cc2)nc1-c1ccc(C)cc1. The molecule has 0 saturated carbocycles. The monoisotopic (exact) mass is 406 g/mol. The molecule has 0 bridgehead atoms. The van der Waals surface area contributed by atoms with Gasteiger partial charge in [-0.3, -0.25) is 10.2 Å². The quantitative estimate of drug-likeness (QED) is 0.414. The third kappa shape index (κ3) is 5.51. The van der Waals surface area contributed by atoms with E-state index in [2.05, 4.69) is 53.7 Å². The number of hydrogen-bond acceptors (Lipinski definition) is 5. The summed E-state index contributed by atoms with van der Waals surface area (Å²) in [7, 11) is 0. The Hall–Kier alpha value is -2.99. The summed E-state index contributed by atoms with van der Waals surface area (Å²) >= 11 is 1.36. The smallest absolute Gasteiger partial charge is 0.221 e. The minimum absolute atomic E-state index is 0.126. The first-order chi connectivity index (χ1) is 13.7. The Morgan fingerprint density at radius 2 is 1.72 bits per heavy atom. The molecule has 3 aromatic rings. The number of nitrogens with one attached hydrogen (secondary N) is 2. The van der Waals surface area contributed by atoms with E-state index < -0.39 is 0 Å². The van der Waals surface area contributed by atoms with Gasteiger partial charge in [-0.05, 0) is 23.5 Å². The molecule has 1 aromatic heterocycles. The van der Waals surface area contributed by atoms with Crippen molar-refractivity contribution in [3.05, 3.63) is 65.2 Å². The number of carbonyl (C=O) groups is 1. The molecule has 1 heterocycles. The Kier molecular flexibility index (Phi) is 6.13.